The number of nitrogens with zero attached hydrogens (tertiary/aromatic N) is 1. The number of halogens is 1. The van der Waals surface area contributed by atoms with Gasteiger partial charge in [-0.15, -0.1) is 0 Å². The molecule has 0 heterocycles. The third kappa shape index (κ3) is 4.13. The van der Waals surface area contributed by atoms with E-state index < -0.39 is 6.17 Å². The first-order valence-electron chi connectivity index (χ1n) is 9.63. The van der Waals surface area contributed by atoms with Gasteiger partial charge in [-0.25, -0.2) is 9.82 Å². The molecule has 3 saturated carbocycles. The number of hydrogen-bond acceptors (Lipinski definition) is 2. The molecule has 3 fully saturated rings. The minimum absolute atomic E-state index is 0.125. The smallest absolute Gasteiger partial charge is 0.243 e. The largest absolute Gasteiger partial charge is 0.273 e. The van der Waals surface area contributed by atoms with Crippen LogP contribution in [0.15, 0.2) is 5.10 Å². The number of carbonyl (C=O) groups is 1. The van der Waals surface area contributed by atoms with Crippen molar-refractivity contribution in [2.75, 3.05) is 0 Å². The average molecular weight is 322 g/mol. The summed E-state index contributed by atoms with van der Waals surface area (Å²) in [6, 6.07) is 0. The first-order valence-corrected chi connectivity index (χ1v) is 9.63. The quantitative estimate of drug-likeness (QED) is 0.598. The zero-order chi connectivity index (χ0) is 16.2. The summed E-state index contributed by atoms with van der Waals surface area (Å²) in [6.07, 6.45) is 11.0. The lowest BCUT2D eigenvalue weighted by molar-refractivity contribution is -0.129. The molecule has 3 aliphatic carbocycles. The van der Waals surface area contributed by atoms with E-state index in [4.69, 9.17) is 0 Å². The number of rotatable bonds is 3. The molecule has 23 heavy (non-hydrogen) atoms. The van der Waals surface area contributed by atoms with E-state index in [1.165, 1.54) is 38.5 Å². The molecular weight excluding hydrogens is 291 g/mol. The predicted octanol–water partition coefficient (Wildman–Crippen LogP) is 4.61. The second-order valence-electron chi connectivity index (χ2n) is 7.92. The summed E-state index contributed by atoms with van der Waals surface area (Å²) in [7, 11) is 0. The van der Waals surface area contributed by atoms with Crippen LogP contribution in [0.1, 0.15) is 77.6 Å². The Kier molecular flexibility index (Phi) is 5.71. The van der Waals surface area contributed by atoms with Crippen LogP contribution in [0.5, 0.6) is 0 Å². The van der Waals surface area contributed by atoms with Gasteiger partial charge in [0.1, 0.15) is 6.17 Å². The molecule has 0 radical (unpaired) electrons. The summed E-state index contributed by atoms with van der Waals surface area (Å²) in [5.74, 6) is 1.97. The Morgan fingerprint density at radius 2 is 1.65 bits per heavy atom. The first kappa shape index (κ1) is 16.9. The van der Waals surface area contributed by atoms with Crippen molar-refractivity contribution in [3.05, 3.63) is 0 Å². The van der Waals surface area contributed by atoms with Gasteiger partial charge in [0.05, 0.1) is 0 Å². The third-order valence-corrected chi connectivity index (χ3v) is 6.50. The summed E-state index contributed by atoms with van der Waals surface area (Å²) in [6.45, 7) is 1.98. The van der Waals surface area contributed by atoms with Crippen molar-refractivity contribution in [1.82, 2.24) is 5.43 Å². The molecule has 0 aliphatic heterocycles. The maximum absolute atomic E-state index is 13.2. The molecule has 0 spiro atoms. The van der Waals surface area contributed by atoms with E-state index in [9.17, 15) is 9.18 Å². The fourth-order valence-corrected chi connectivity index (χ4v) is 5.05. The van der Waals surface area contributed by atoms with Crippen LogP contribution in [-0.4, -0.2) is 17.8 Å². The van der Waals surface area contributed by atoms with Crippen LogP contribution in [0.4, 0.5) is 4.39 Å². The van der Waals surface area contributed by atoms with Gasteiger partial charge in [0, 0.05) is 11.6 Å². The van der Waals surface area contributed by atoms with Crippen LogP contribution in [0, 0.1) is 23.7 Å². The van der Waals surface area contributed by atoms with Crippen molar-refractivity contribution in [3.8, 4) is 0 Å². The second-order valence-corrected chi connectivity index (χ2v) is 7.92. The van der Waals surface area contributed by atoms with Gasteiger partial charge in [-0.1, -0.05) is 32.1 Å². The molecular formula is C19H31FN2O. The molecule has 130 valence electrons. The molecule has 3 rings (SSSR count). The van der Waals surface area contributed by atoms with E-state index in [2.05, 4.69) is 10.5 Å². The van der Waals surface area contributed by atoms with Crippen molar-refractivity contribution in [2.45, 2.75) is 83.7 Å². The zero-order valence-corrected chi connectivity index (χ0v) is 14.4. The monoisotopic (exact) mass is 322 g/mol. The van der Waals surface area contributed by atoms with E-state index in [0.717, 1.165) is 30.9 Å². The van der Waals surface area contributed by atoms with Gasteiger partial charge < -0.3 is 0 Å². The van der Waals surface area contributed by atoms with E-state index in [0.29, 0.717) is 24.7 Å². The number of alkyl halides is 1. The number of nitrogens with one attached hydrogen (secondary N) is 1. The molecule has 3 nitrogen and oxygen atoms in total. The van der Waals surface area contributed by atoms with Crippen molar-refractivity contribution in [2.24, 2.45) is 28.8 Å². The Balaban J connectivity index is 1.54. The highest BCUT2D eigenvalue weighted by molar-refractivity contribution is 5.87. The number of carbonyl (C=O) groups excluding carboxylic acids is 1. The first-order chi connectivity index (χ1) is 11.1. The Bertz CT molecular complexity index is 441. The minimum atomic E-state index is -0.640. The van der Waals surface area contributed by atoms with Gasteiger partial charge in [0.25, 0.3) is 0 Å². The molecule has 3 atom stereocenters. The highest BCUT2D eigenvalue weighted by Gasteiger charge is 2.38. The molecule has 3 unspecified atom stereocenters. The molecule has 0 saturated heterocycles. The van der Waals surface area contributed by atoms with E-state index >= 15 is 0 Å². The molecule has 1 amide bonds. The van der Waals surface area contributed by atoms with Crippen molar-refractivity contribution in [3.63, 3.8) is 0 Å². The van der Waals surface area contributed by atoms with Crippen molar-refractivity contribution in [1.29, 1.82) is 0 Å². The highest BCUT2D eigenvalue weighted by Crippen LogP contribution is 2.43. The van der Waals surface area contributed by atoms with Gasteiger partial charge in [-0.3, -0.25) is 4.79 Å². The lowest BCUT2D eigenvalue weighted by atomic mass is 9.65. The summed E-state index contributed by atoms with van der Waals surface area (Å²) in [5.41, 5.74) is 3.82. The normalized spacial score (nSPS) is 38.7. The maximum atomic E-state index is 13.2. The Morgan fingerprint density at radius 1 is 0.957 bits per heavy atom. The van der Waals surface area contributed by atoms with Gasteiger partial charge in [0.15, 0.2) is 0 Å². The lowest BCUT2D eigenvalue weighted by Crippen LogP contribution is -2.40. The lowest BCUT2D eigenvalue weighted by Gasteiger charge is -2.40. The Hall–Kier alpha value is -0.930. The summed E-state index contributed by atoms with van der Waals surface area (Å²) in [5, 5.41) is 4.38. The highest BCUT2D eigenvalue weighted by atomic mass is 19.1. The maximum Gasteiger partial charge on any atom is 0.243 e. The second kappa shape index (κ2) is 7.76. The fraction of sp³-hybridized carbons (Fsp3) is 0.895. The zero-order valence-electron chi connectivity index (χ0n) is 14.4. The van der Waals surface area contributed by atoms with Crippen LogP contribution in [0.3, 0.4) is 0 Å². The third-order valence-electron chi connectivity index (χ3n) is 6.50. The van der Waals surface area contributed by atoms with Crippen LogP contribution in [-0.2, 0) is 4.79 Å². The standard InChI is InChI=1S/C19H31FN2O/c1-13(14-9-11-16(20)12-10-14)21-22-19(23)18-8-4-6-15-5-2-3-7-17(15)18/h14-18H,2-12H2,1H3,(H,22,23)/b21-13+. The van der Waals surface area contributed by atoms with Crippen LogP contribution >= 0.6 is 0 Å². The number of hydrazone groups is 1. The molecule has 4 heteroatoms. The Morgan fingerprint density at radius 3 is 2.43 bits per heavy atom. The molecule has 0 bridgehead atoms. The van der Waals surface area contributed by atoms with Crippen LogP contribution < -0.4 is 5.43 Å². The van der Waals surface area contributed by atoms with E-state index in [1.807, 2.05) is 6.92 Å². The summed E-state index contributed by atoms with van der Waals surface area (Å²) in [4.78, 5) is 12.6. The Labute approximate surface area is 139 Å². The molecule has 0 aromatic carbocycles. The van der Waals surface area contributed by atoms with Crippen molar-refractivity contribution < 1.29 is 9.18 Å². The molecule has 3 aliphatic rings. The van der Waals surface area contributed by atoms with E-state index in [1.54, 1.807) is 0 Å². The van der Waals surface area contributed by atoms with Crippen LogP contribution in [0.2, 0.25) is 0 Å². The average Bonchev–Trinajstić information content (AvgIpc) is 2.59. The van der Waals surface area contributed by atoms with Gasteiger partial charge >= 0.3 is 0 Å². The topological polar surface area (TPSA) is 41.5 Å². The summed E-state index contributed by atoms with van der Waals surface area (Å²) >= 11 is 0. The van der Waals surface area contributed by atoms with Gasteiger partial charge in [-0.2, -0.15) is 5.10 Å². The molecule has 0 aromatic heterocycles. The molecule has 0 aromatic rings. The van der Waals surface area contributed by atoms with Gasteiger partial charge in [0.2, 0.25) is 5.91 Å². The van der Waals surface area contributed by atoms with Gasteiger partial charge in [-0.05, 0) is 63.2 Å². The fourth-order valence-electron chi connectivity index (χ4n) is 5.05. The van der Waals surface area contributed by atoms with Crippen LogP contribution in [0.25, 0.3) is 0 Å². The number of fused-ring (bicyclic) bond motifs is 1. The predicted molar refractivity (Wildman–Crippen MR) is 90.9 cm³/mol. The summed E-state index contributed by atoms with van der Waals surface area (Å²) < 4.78 is 13.2. The molecule has 1 N–H and O–H groups in total. The SMILES string of the molecule is C/C(=N\NC(=O)C1CCCC2CCCCC21)C1CCC(F)CC1. The van der Waals surface area contributed by atoms with Crippen molar-refractivity contribution >= 4 is 11.6 Å². The number of hydrogen-bond donors (Lipinski definition) is 1. The van der Waals surface area contributed by atoms with E-state index in [-0.39, 0.29) is 11.8 Å². The number of amides is 1. The minimum Gasteiger partial charge on any atom is -0.273 e.